The molecule has 2 aromatic carbocycles. The minimum Gasteiger partial charge on any atom is -0.497 e. The van der Waals surface area contributed by atoms with E-state index in [2.05, 4.69) is 34.1 Å². The topological polar surface area (TPSA) is 49.7 Å². The third kappa shape index (κ3) is 3.96. The molecule has 2 aliphatic heterocycles. The molecule has 0 radical (unpaired) electrons. The van der Waals surface area contributed by atoms with Crippen molar-refractivity contribution in [2.45, 2.75) is 25.6 Å². The van der Waals surface area contributed by atoms with Crippen LogP contribution >= 0.6 is 11.3 Å². The lowest BCUT2D eigenvalue weighted by Crippen LogP contribution is -2.38. The zero-order valence-electron chi connectivity index (χ0n) is 20.2. The maximum atomic E-state index is 13.9. The number of methoxy groups -OCH3 is 1. The van der Waals surface area contributed by atoms with Crippen molar-refractivity contribution >= 4 is 23.1 Å². The number of ether oxygens (including phenoxy) is 1. The fraction of sp³-hybridized carbons (Fsp3) is 0.250. The average Bonchev–Trinajstić information content (AvgIpc) is 3.46. The molecule has 4 aromatic rings. The molecule has 0 saturated heterocycles. The van der Waals surface area contributed by atoms with Crippen LogP contribution in [0.1, 0.15) is 33.3 Å². The van der Waals surface area contributed by atoms with E-state index < -0.39 is 0 Å². The highest BCUT2D eigenvalue weighted by molar-refractivity contribution is 7.15. The molecular weight excluding hydrogens is 475 g/mol. The summed E-state index contributed by atoms with van der Waals surface area (Å²) in [6.45, 7) is 2.38. The monoisotopic (exact) mass is 502 g/mol. The Kier molecular flexibility index (Phi) is 5.78. The lowest BCUT2D eigenvalue weighted by atomic mass is 10.0. The Bertz CT molecular complexity index is 1410. The molecule has 36 heavy (non-hydrogen) atoms. The van der Waals surface area contributed by atoms with Crippen LogP contribution in [0.15, 0.2) is 66.9 Å². The van der Waals surface area contributed by atoms with Gasteiger partial charge in [0.1, 0.15) is 16.6 Å². The van der Waals surface area contributed by atoms with E-state index in [1.807, 2.05) is 46.6 Å². The lowest BCUT2D eigenvalue weighted by molar-refractivity contribution is 0.194. The number of halogens is 1. The third-order valence-corrected chi connectivity index (χ3v) is 8.30. The summed E-state index contributed by atoms with van der Waals surface area (Å²) in [4.78, 5) is 19.5. The summed E-state index contributed by atoms with van der Waals surface area (Å²) in [5.74, 6) is 0.429. The van der Waals surface area contributed by atoms with Gasteiger partial charge in [0.15, 0.2) is 0 Å². The van der Waals surface area contributed by atoms with Crippen LogP contribution in [0.25, 0.3) is 5.00 Å². The van der Waals surface area contributed by atoms with Gasteiger partial charge in [-0.15, -0.1) is 11.3 Å². The smallest absolute Gasteiger partial charge is 0.322 e. The number of nitrogens with one attached hydrogen (secondary N) is 1. The van der Waals surface area contributed by atoms with E-state index in [1.54, 1.807) is 19.2 Å². The van der Waals surface area contributed by atoms with E-state index in [9.17, 15) is 9.18 Å². The number of fused-ring (bicyclic) bond motifs is 5. The van der Waals surface area contributed by atoms with Gasteiger partial charge in [0.05, 0.1) is 25.4 Å². The van der Waals surface area contributed by atoms with E-state index in [0.717, 1.165) is 36.5 Å². The molecule has 0 spiro atoms. The molecule has 2 amide bonds. The number of rotatable bonds is 3. The molecule has 184 valence electrons. The summed E-state index contributed by atoms with van der Waals surface area (Å²) in [6, 6.07) is 17.3. The Morgan fingerprint density at radius 1 is 1.06 bits per heavy atom. The molecule has 0 saturated carbocycles. The molecule has 0 fully saturated rings. The van der Waals surface area contributed by atoms with Crippen LogP contribution in [0.4, 0.5) is 14.9 Å². The number of thiophene rings is 1. The van der Waals surface area contributed by atoms with Gasteiger partial charge < -0.3 is 24.4 Å². The predicted molar refractivity (Wildman–Crippen MR) is 139 cm³/mol. The number of likely N-dealkylation sites (N-methyl/N-ethyl adjacent to an activating group) is 1. The molecule has 4 heterocycles. The van der Waals surface area contributed by atoms with Crippen LogP contribution in [0.3, 0.4) is 0 Å². The van der Waals surface area contributed by atoms with Crippen LogP contribution in [0.2, 0.25) is 0 Å². The second kappa shape index (κ2) is 9.11. The number of urea groups is 1. The van der Waals surface area contributed by atoms with Gasteiger partial charge in [0.2, 0.25) is 0 Å². The first-order chi connectivity index (χ1) is 17.5. The lowest BCUT2D eigenvalue weighted by Gasteiger charge is -2.32. The number of carbonyl (C=O) groups is 1. The molecule has 0 bridgehead atoms. The Hall–Kier alpha value is -3.62. The molecular formula is C28H27FN4O2S. The van der Waals surface area contributed by atoms with Gasteiger partial charge in [0, 0.05) is 35.4 Å². The Balaban J connectivity index is 1.46. The number of hydrogen-bond donors (Lipinski definition) is 1. The van der Waals surface area contributed by atoms with Crippen molar-refractivity contribution in [3.8, 4) is 10.8 Å². The van der Waals surface area contributed by atoms with Gasteiger partial charge in [-0.25, -0.2) is 9.18 Å². The van der Waals surface area contributed by atoms with Gasteiger partial charge in [-0.1, -0.05) is 12.1 Å². The van der Waals surface area contributed by atoms with Gasteiger partial charge >= 0.3 is 6.03 Å². The Morgan fingerprint density at radius 2 is 1.83 bits per heavy atom. The molecule has 1 unspecified atom stereocenters. The van der Waals surface area contributed by atoms with Crippen molar-refractivity contribution in [3.05, 3.63) is 99.9 Å². The van der Waals surface area contributed by atoms with Crippen LogP contribution in [0, 0.1) is 5.82 Å². The van der Waals surface area contributed by atoms with Gasteiger partial charge in [-0.2, -0.15) is 0 Å². The fourth-order valence-electron chi connectivity index (χ4n) is 5.22. The van der Waals surface area contributed by atoms with Crippen molar-refractivity contribution in [2.75, 3.05) is 26.0 Å². The van der Waals surface area contributed by atoms with Gasteiger partial charge in [-0.3, -0.25) is 0 Å². The SMILES string of the molecule is COc1ccc(NC(=O)N2Cc3c(sc4c3CCN(C)C4)-n3cccc3C2c2ccc(F)cc2)cc1. The number of benzene rings is 2. The summed E-state index contributed by atoms with van der Waals surface area (Å²) in [7, 11) is 3.76. The Labute approximate surface area is 213 Å². The van der Waals surface area contributed by atoms with Crippen molar-refractivity contribution < 1.29 is 13.9 Å². The molecule has 1 N–H and O–H groups in total. The minimum absolute atomic E-state index is 0.206. The molecule has 2 aromatic heterocycles. The average molecular weight is 503 g/mol. The first-order valence-electron chi connectivity index (χ1n) is 12.0. The van der Waals surface area contributed by atoms with E-state index >= 15 is 0 Å². The predicted octanol–water partition coefficient (Wildman–Crippen LogP) is 5.81. The van der Waals surface area contributed by atoms with Crippen molar-refractivity contribution in [1.82, 2.24) is 14.4 Å². The number of anilines is 1. The quantitative estimate of drug-likeness (QED) is 0.385. The first-order valence-corrected chi connectivity index (χ1v) is 12.8. The normalized spacial score (nSPS) is 17.1. The standard InChI is InChI=1S/C28H27FN4O2S/c1-31-15-13-22-23-16-33(28(34)30-20-9-11-21(35-2)12-10-20)26(18-5-7-19(29)8-6-18)24-4-3-14-32(24)27(23)36-25(22)17-31/h3-12,14,26H,13,15-17H2,1-2H3,(H,30,34). The maximum Gasteiger partial charge on any atom is 0.322 e. The molecule has 1 atom stereocenters. The van der Waals surface area contributed by atoms with Crippen LogP contribution in [-0.4, -0.2) is 41.1 Å². The van der Waals surface area contributed by atoms with E-state index in [-0.39, 0.29) is 17.9 Å². The number of aromatic nitrogens is 1. The highest BCUT2D eigenvalue weighted by Crippen LogP contribution is 2.43. The van der Waals surface area contributed by atoms with Gasteiger partial charge in [0.25, 0.3) is 0 Å². The Morgan fingerprint density at radius 3 is 2.58 bits per heavy atom. The molecule has 2 aliphatic rings. The summed E-state index contributed by atoms with van der Waals surface area (Å²) < 4.78 is 21.3. The first kappa shape index (κ1) is 22.8. The summed E-state index contributed by atoms with van der Waals surface area (Å²) in [5.41, 5.74) is 5.10. The number of amides is 2. The second-order valence-corrected chi connectivity index (χ2v) is 10.4. The van der Waals surface area contributed by atoms with Crippen molar-refractivity contribution in [3.63, 3.8) is 0 Å². The zero-order valence-corrected chi connectivity index (χ0v) is 21.0. The second-order valence-electron chi connectivity index (χ2n) is 9.32. The summed E-state index contributed by atoms with van der Waals surface area (Å²) in [5, 5.41) is 4.25. The van der Waals surface area contributed by atoms with E-state index in [4.69, 9.17) is 4.74 Å². The number of carbonyl (C=O) groups excluding carboxylic acids is 1. The number of nitrogens with zero attached hydrogens (tertiary/aromatic N) is 3. The number of hydrogen-bond acceptors (Lipinski definition) is 4. The summed E-state index contributed by atoms with van der Waals surface area (Å²) >= 11 is 1.81. The molecule has 0 aliphatic carbocycles. The third-order valence-electron chi connectivity index (χ3n) is 7.04. The van der Waals surface area contributed by atoms with Crippen LogP contribution < -0.4 is 10.1 Å². The van der Waals surface area contributed by atoms with Crippen LogP contribution in [0.5, 0.6) is 5.75 Å². The zero-order chi connectivity index (χ0) is 24.8. The van der Waals surface area contributed by atoms with Crippen molar-refractivity contribution in [2.24, 2.45) is 0 Å². The summed E-state index contributed by atoms with van der Waals surface area (Å²) in [6.07, 6.45) is 3.03. The van der Waals surface area contributed by atoms with Gasteiger partial charge in [-0.05, 0) is 73.1 Å². The molecule has 8 heteroatoms. The highest BCUT2D eigenvalue weighted by atomic mass is 32.1. The van der Waals surface area contributed by atoms with E-state index in [0.29, 0.717) is 12.2 Å². The van der Waals surface area contributed by atoms with Crippen molar-refractivity contribution in [1.29, 1.82) is 0 Å². The van der Waals surface area contributed by atoms with E-state index in [1.165, 1.54) is 33.1 Å². The van der Waals surface area contributed by atoms with Crippen LogP contribution in [-0.2, 0) is 19.5 Å². The largest absolute Gasteiger partial charge is 0.497 e. The molecule has 6 nitrogen and oxygen atoms in total. The maximum absolute atomic E-state index is 13.9. The highest BCUT2D eigenvalue weighted by Gasteiger charge is 2.36. The fourth-order valence-corrected chi connectivity index (χ4v) is 6.66. The molecule has 6 rings (SSSR count). The minimum atomic E-state index is -0.375.